The van der Waals surface area contributed by atoms with Crippen molar-refractivity contribution < 1.29 is 42.7 Å². The second kappa shape index (κ2) is 28.3. The van der Waals surface area contributed by atoms with Crippen molar-refractivity contribution in [3.8, 4) is 0 Å². The summed E-state index contributed by atoms with van der Waals surface area (Å²) in [6.07, 6.45) is 1.04. The van der Waals surface area contributed by atoms with Crippen LogP contribution in [0.25, 0.3) is 0 Å². The highest BCUT2D eigenvalue weighted by Crippen LogP contribution is 1.90. The van der Waals surface area contributed by atoms with E-state index in [1.54, 1.807) is 0 Å². The molecule has 0 saturated carbocycles. The van der Waals surface area contributed by atoms with Gasteiger partial charge in [0.2, 0.25) is 0 Å². The first-order valence-electron chi connectivity index (χ1n) is 11.6. The summed E-state index contributed by atoms with van der Waals surface area (Å²) in [4.78, 5) is 11.1. The third kappa shape index (κ3) is 27.3. The van der Waals surface area contributed by atoms with Gasteiger partial charge in [-0.3, -0.25) is 4.79 Å². The molecule has 0 spiro atoms. The van der Waals surface area contributed by atoms with E-state index in [0.29, 0.717) is 119 Å². The zero-order valence-corrected chi connectivity index (χ0v) is 20.1. The Hall–Kier alpha value is -0.690. The number of nitrogens with one attached hydrogen (secondary N) is 1. The highest BCUT2D eigenvalue weighted by atomic mass is 16.6. The summed E-state index contributed by atoms with van der Waals surface area (Å²) in [7, 11) is 1.89. The highest BCUT2D eigenvalue weighted by Gasteiger charge is 1.98. The number of carbonyl (C=O) groups excluding carboxylic acids is 1. The maximum absolute atomic E-state index is 11.1. The molecule has 0 aromatic carbocycles. The Morgan fingerprint density at radius 1 is 0.500 bits per heavy atom. The van der Waals surface area contributed by atoms with Crippen LogP contribution in [0.3, 0.4) is 0 Å². The molecular weight excluding hydrogens is 422 g/mol. The van der Waals surface area contributed by atoms with Gasteiger partial charge >= 0.3 is 0 Å². The number of hydrogen-bond acceptors (Lipinski definition) is 10. The molecule has 0 aromatic heterocycles. The van der Waals surface area contributed by atoms with Crippen molar-refractivity contribution in [1.82, 2.24) is 5.32 Å². The molecule has 0 fully saturated rings. The summed E-state index contributed by atoms with van der Waals surface area (Å²) in [6.45, 7) is 11.3. The number of carbonyl (C=O) groups is 1. The van der Waals surface area contributed by atoms with Gasteiger partial charge in [0.25, 0.3) is 0 Å². The molecule has 10 nitrogen and oxygen atoms in total. The smallest absolute Gasteiger partial charge is 0.134 e. The van der Waals surface area contributed by atoms with Gasteiger partial charge in [-0.2, -0.15) is 0 Å². The third-order valence-corrected chi connectivity index (χ3v) is 4.02. The van der Waals surface area contributed by atoms with Gasteiger partial charge in [0.15, 0.2) is 0 Å². The van der Waals surface area contributed by atoms with E-state index in [2.05, 4.69) is 5.32 Å². The Bertz CT molecular complexity index is 375. The van der Waals surface area contributed by atoms with Gasteiger partial charge in [-0.25, -0.2) is 0 Å². The summed E-state index contributed by atoms with van der Waals surface area (Å²) in [5.74, 6) is 0.220. The standard InChI is InChI=1S/C22H45NO9/c1-3-22(24)4-6-25-8-10-27-12-14-29-16-18-31-20-21-32-19-17-30-15-13-28-11-9-26-7-5-23-2/h23H,3-21H2,1-2H3. The van der Waals surface area contributed by atoms with Crippen molar-refractivity contribution in [2.45, 2.75) is 19.8 Å². The van der Waals surface area contributed by atoms with Gasteiger partial charge in [0.05, 0.1) is 106 Å². The third-order valence-electron chi connectivity index (χ3n) is 4.02. The molecular formula is C22H45NO9. The predicted octanol–water partition coefficient (Wildman–Crippen LogP) is 0.708. The molecule has 192 valence electrons. The van der Waals surface area contributed by atoms with Gasteiger partial charge in [0.1, 0.15) is 5.78 Å². The van der Waals surface area contributed by atoms with Crippen molar-refractivity contribution in [3.05, 3.63) is 0 Å². The minimum Gasteiger partial charge on any atom is -0.379 e. The molecule has 1 N–H and O–H groups in total. The summed E-state index contributed by atoms with van der Waals surface area (Å²) in [5.41, 5.74) is 0. The van der Waals surface area contributed by atoms with Crippen LogP contribution in [0, 0.1) is 0 Å². The fraction of sp³-hybridized carbons (Fsp3) is 0.955. The van der Waals surface area contributed by atoms with Crippen molar-refractivity contribution in [2.75, 3.05) is 119 Å². The van der Waals surface area contributed by atoms with E-state index in [1.165, 1.54) is 0 Å². The van der Waals surface area contributed by atoms with Crippen molar-refractivity contribution in [3.63, 3.8) is 0 Å². The van der Waals surface area contributed by atoms with Crippen LogP contribution in [0.15, 0.2) is 0 Å². The lowest BCUT2D eigenvalue weighted by Crippen LogP contribution is -2.17. The lowest BCUT2D eigenvalue weighted by molar-refractivity contribution is -0.120. The summed E-state index contributed by atoms with van der Waals surface area (Å²) in [6, 6.07) is 0. The molecule has 0 aliphatic rings. The van der Waals surface area contributed by atoms with Crippen molar-refractivity contribution >= 4 is 5.78 Å². The number of rotatable bonds is 28. The predicted molar refractivity (Wildman–Crippen MR) is 120 cm³/mol. The Morgan fingerprint density at radius 3 is 1.06 bits per heavy atom. The maximum Gasteiger partial charge on any atom is 0.134 e. The molecule has 32 heavy (non-hydrogen) atoms. The average Bonchev–Trinajstić information content (AvgIpc) is 2.81. The Kier molecular flexibility index (Phi) is 27.7. The van der Waals surface area contributed by atoms with Crippen LogP contribution < -0.4 is 5.32 Å². The van der Waals surface area contributed by atoms with Crippen LogP contribution >= 0.6 is 0 Å². The summed E-state index contributed by atoms with van der Waals surface area (Å²) < 4.78 is 43.1. The van der Waals surface area contributed by atoms with Gasteiger partial charge in [-0.15, -0.1) is 0 Å². The Balaban J connectivity index is 3.02. The Morgan fingerprint density at radius 2 is 0.781 bits per heavy atom. The molecule has 0 aliphatic carbocycles. The van der Waals surface area contributed by atoms with Gasteiger partial charge in [-0.1, -0.05) is 6.92 Å². The minimum absolute atomic E-state index is 0.220. The molecule has 0 rings (SSSR count). The summed E-state index contributed by atoms with van der Waals surface area (Å²) >= 11 is 0. The number of Topliss-reactive ketones (excluding diaryl/α,β-unsaturated/α-hetero) is 1. The fourth-order valence-electron chi connectivity index (χ4n) is 2.18. The zero-order valence-electron chi connectivity index (χ0n) is 20.1. The minimum atomic E-state index is 0.220. The molecule has 0 aromatic rings. The number of likely N-dealkylation sites (N-methyl/N-ethyl adjacent to an activating group) is 1. The Labute approximate surface area is 193 Å². The second-order valence-electron chi connectivity index (χ2n) is 6.64. The van der Waals surface area contributed by atoms with Gasteiger partial charge < -0.3 is 43.2 Å². The second-order valence-corrected chi connectivity index (χ2v) is 6.64. The molecule has 0 atom stereocenters. The topological polar surface area (TPSA) is 103 Å². The SMILES string of the molecule is CCC(=O)CCOCCOCCOCCOCCOCCOCCOCCOCCNC. The lowest BCUT2D eigenvalue weighted by Gasteiger charge is -2.08. The van der Waals surface area contributed by atoms with Crippen molar-refractivity contribution in [2.24, 2.45) is 0 Å². The van der Waals surface area contributed by atoms with E-state index in [-0.39, 0.29) is 5.78 Å². The molecule has 10 heteroatoms. The highest BCUT2D eigenvalue weighted by molar-refractivity contribution is 5.78. The first-order chi connectivity index (χ1) is 15.8. The first-order valence-corrected chi connectivity index (χ1v) is 11.6. The van der Waals surface area contributed by atoms with Crippen LogP contribution in [0.2, 0.25) is 0 Å². The fourth-order valence-corrected chi connectivity index (χ4v) is 2.18. The normalized spacial score (nSPS) is 11.3. The van der Waals surface area contributed by atoms with Crippen LogP contribution in [-0.2, 0) is 42.7 Å². The van der Waals surface area contributed by atoms with Crippen molar-refractivity contribution in [1.29, 1.82) is 0 Å². The molecule has 0 amide bonds. The number of ether oxygens (including phenoxy) is 8. The molecule has 0 bridgehead atoms. The number of hydrogen-bond donors (Lipinski definition) is 1. The first kappa shape index (κ1) is 31.3. The average molecular weight is 468 g/mol. The van der Waals surface area contributed by atoms with E-state index >= 15 is 0 Å². The van der Waals surface area contributed by atoms with Crippen LogP contribution in [-0.4, -0.2) is 125 Å². The van der Waals surface area contributed by atoms with Gasteiger partial charge in [-0.05, 0) is 7.05 Å². The van der Waals surface area contributed by atoms with E-state index in [1.807, 2.05) is 14.0 Å². The lowest BCUT2D eigenvalue weighted by atomic mass is 10.2. The van der Waals surface area contributed by atoms with Crippen LogP contribution in [0.1, 0.15) is 19.8 Å². The maximum atomic E-state index is 11.1. The molecule has 0 unspecified atom stereocenters. The zero-order chi connectivity index (χ0) is 23.4. The van der Waals surface area contributed by atoms with Gasteiger partial charge in [0, 0.05) is 19.4 Å². The van der Waals surface area contributed by atoms with E-state index in [4.69, 9.17) is 37.9 Å². The molecule has 0 aliphatic heterocycles. The number of ketones is 1. The van der Waals surface area contributed by atoms with Crippen LogP contribution in [0.4, 0.5) is 0 Å². The van der Waals surface area contributed by atoms with E-state index in [9.17, 15) is 4.79 Å². The molecule has 0 saturated heterocycles. The largest absolute Gasteiger partial charge is 0.379 e. The quantitative estimate of drug-likeness (QED) is 0.165. The molecule has 0 heterocycles. The molecule has 0 radical (unpaired) electrons. The van der Waals surface area contributed by atoms with Crippen LogP contribution in [0.5, 0.6) is 0 Å². The monoisotopic (exact) mass is 467 g/mol. The summed E-state index contributed by atoms with van der Waals surface area (Å²) in [5, 5.41) is 3.01. The van der Waals surface area contributed by atoms with E-state index in [0.717, 1.165) is 6.54 Å². The van der Waals surface area contributed by atoms with E-state index < -0.39 is 0 Å².